The number of rotatable bonds is 4. The van der Waals surface area contributed by atoms with Crippen molar-refractivity contribution in [2.24, 2.45) is 7.05 Å². The van der Waals surface area contributed by atoms with E-state index in [2.05, 4.69) is 5.63 Å². The molecule has 2 aromatic rings. The zero-order chi connectivity index (χ0) is 15.4. The molecule has 0 N–H and O–H groups in total. The zero-order valence-corrected chi connectivity index (χ0v) is 12.8. The molecule has 7 heteroatoms. The minimum absolute atomic E-state index is 0.127. The molecule has 0 fully saturated rings. The molecule has 1 aromatic carbocycles. The fraction of sp³-hybridized carbons (Fsp3) is 0.286. The molecule has 0 spiro atoms. The van der Waals surface area contributed by atoms with E-state index < -0.39 is 5.97 Å². The van der Waals surface area contributed by atoms with E-state index in [1.165, 1.54) is 0 Å². The van der Waals surface area contributed by atoms with Crippen LogP contribution in [0.15, 0.2) is 18.2 Å². The van der Waals surface area contributed by atoms with Crippen LogP contribution in [0.5, 0.6) is 11.5 Å². The Morgan fingerprint density at radius 1 is 1.24 bits per heavy atom. The van der Waals surface area contributed by atoms with E-state index in [4.69, 9.17) is 14.2 Å². The third kappa shape index (κ3) is 2.97. The molecule has 110 valence electrons. The van der Waals surface area contributed by atoms with Crippen LogP contribution < -0.4 is 9.47 Å². The van der Waals surface area contributed by atoms with Gasteiger partial charge in [0.1, 0.15) is 0 Å². The molecule has 0 bridgehead atoms. The Bertz CT molecular complexity index is 790. The monoisotopic (exact) mass is 307 g/mol. The number of aryl methyl sites for hydroxylation is 1. The van der Waals surface area contributed by atoms with Crippen molar-refractivity contribution in [2.75, 3.05) is 20.8 Å². The first-order valence-electron chi connectivity index (χ1n) is 6.06. The molecule has 0 aliphatic carbocycles. The molecule has 0 radical (unpaired) electrons. The van der Waals surface area contributed by atoms with Gasteiger partial charge in [-0.3, -0.25) is 0 Å². The summed E-state index contributed by atoms with van der Waals surface area (Å²) in [6, 6.07) is 5.29. The predicted molar refractivity (Wildman–Crippen MR) is 77.8 cm³/mol. The minimum atomic E-state index is -0.511. The molecule has 21 heavy (non-hydrogen) atoms. The van der Waals surface area contributed by atoms with Crippen LogP contribution in [0.25, 0.3) is 10.9 Å². The van der Waals surface area contributed by atoms with Crippen molar-refractivity contribution in [1.29, 1.82) is 0 Å². The fourth-order valence-electron chi connectivity index (χ4n) is 2.06. The van der Waals surface area contributed by atoms with E-state index in [1.54, 1.807) is 44.0 Å². The Kier molecular flexibility index (Phi) is 4.73. The van der Waals surface area contributed by atoms with Crippen molar-refractivity contribution in [3.8, 4) is 17.1 Å². The average Bonchev–Trinajstić information content (AvgIpc) is 2.82. The van der Waals surface area contributed by atoms with Gasteiger partial charge in [0.2, 0.25) is 0 Å². The maximum absolute atomic E-state index is 12.0. The Morgan fingerprint density at radius 3 is 2.52 bits per heavy atom. The SMILES string of the molecule is COc1cc2cc(C(=O)OCC#P=O)n(C)c2cc1OC. The van der Waals surface area contributed by atoms with Gasteiger partial charge >= 0.3 is 122 Å². The second-order valence-electron chi connectivity index (χ2n) is 4.18. The van der Waals surface area contributed by atoms with Crippen LogP contribution in [-0.2, 0) is 16.3 Å². The van der Waals surface area contributed by atoms with Gasteiger partial charge in [0.25, 0.3) is 0 Å². The molecule has 0 unspecified atom stereocenters. The number of carbonyl (C=O) groups excluding carboxylic acids is 1. The molecule has 1 heterocycles. The number of benzene rings is 1. The number of carbonyl (C=O) groups is 1. The number of methoxy groups -OCH3 is 2. The van der Waals surface area contributed by atoms with Gasteiger partial charge in [-0.25, -0.2) is 0 Å². The number of hydrogen-bond acceptors (Lipinski definition) is 5. The molecule has 0 atom stereocenters. The summed E-state index contributed by atoms with van der Waals surface area (Å²) in [5.41, 5.74) is 3.56. The fourth-order valence-corrected chi connectivity index (χ4v) is 2.18. The van der Waals surface area contributed by atoms with Crippen LogP contribution in [0.3, 0.4) is 0 Å². The van der Waals surface area contributed by atoms with Crippen molar-refractivity contribution in [1.82, 2.24) is 4.57 Å². The molecule has 2 rings (SSSR count). The number of nitrogens with zero attached hydrogens (tertiary/aromatic N) is 1. The van der Waals surface area contributed by atoms with E-state index in [0.29, 0.717) is 17.2 Å². The number of aromatic nitrogens is 1. The Balaban J connectivity index is 2.46. The summed E-state index contributed by atoms with van der Waals surface area (Å²) >= 11 is 0. The summed E-state index contributed by atoms with van der Waals surface area (Å²) in [5.74, 6) is 0.656. The van der Waals surface area contributed by atoms with Gasteiger partial charge in [0, 0.05) is 0 Å². The zero-order valence-electron chi connectivity index (χ0n) is 11.9. The molecular weight excluding hydrogens is 293 g/mol. The van der Waals surface area contributed by atoms with E-state index in [1.807, 2.05) is 0 Å². The third-order valence-corrected chi connectivity index (χ3v) is 3.35. The second-order valence-corrected chi connectivity index (χ2v) is 4.68. The van der Waals surface area contributed by atoms with Crippen molar-refractivity contribution in [3.63, 3.8) is 0 Å². The van der Waals surface area contributed by atoms with Gasteiger partial charge in [-0.15, -0.1) is 0 Å². The summed E-state index contributed by atoms with van der Waals surface area (Å²) in [6.07, 6.45) is 0. The average molecular weight is 307 g/mol. The van der Waals surface area contributed by atoms with Crippen LogP contribution >= 0.6 is 7.92 Å². The summed E-state index contributed by atoms with van der Waals surface area (Å²) in [5, 5.41) is 0.831. The second kappa shape index (κ2) is 6.53. The van der Waals surface area contributed by atoms with Gasteiger partial charge in [0.15, 0.2) is 0 Å². The summed E-state index contributed by atoms with van der Waals surface area (Å²) in [7, 11) is 4.57. The van der Waals surface area contributed by atoms with E-state index >= 15 is 0 Å². The maximum atomic E-state index is 12.0. The molecule has 0 aliphatic rings. The van der Waals surface area contributed by atoms with E-state index in [-0.39, 0.29) is 14.5 Å². The van der Waals surface area contributed by atoms with Crippen LogP contribution in [-0.4, -0.2) is 31.4 Å². The Hall–Kier alpha value is -2.16. The van der Waals surface area contributed by atoms with E-state index in [0.717, 1.165) is 10.9 Å². The molecule has 0 saturated carbocycles. The standard InChI is InChI=1S/C14H14NO5P/c1-15-10-8-13(19-3)12(18-2)7-9(10)6-11(15)14(16)20-4-5-21-17/h6-8H,4H2,1-3H3. The summed E-state index contributed by atoms with van der Waals surface area (Å²) in [6.45, 7) is -0.127. The number of ether oxygens (including phenoxy) is 3. The molecule has 1 aromatic heterocycles. The number of esters is 1. The van der Waals surface area contributed by atoms with E-state index in [9.17, 15) is 9.36 Å². The quantitative estimate of drug-likeness (QED) is 0.641. The Morgan fingerprint density at radius 2 is 1.90 bits per heavy atom. The van der Waals surface area contributed by atoms with Gasteiger partial charge in [-0.1, -0.05) is 0 Å². The molecule has 6 nitrogen and oxygen atoms in total. The molecule has 0 amide bonds. The van der Waals surface area contributed by atoms with Crippen LogP contribution in [0, 0.1) is 5.63 Å². The first-order valence-corrected chi connectivity index (χ1v) is 6.87. The molecular formula is C14H14NO5P. The van der Waals surface area contributed by atoms with Crippen LogP contribution in [0.1, 0.15) is 10.5 Å². The molecule has 0 saturated heterocycles. The summed E-state index contributed by atoms with van der Waals surface area (Å²) in [4.78, 5) is 12.0. The van der Waals surface area contributed by atoms with Crippen LogP contribution in [0.4, 0.5) is 0 Å². The van der Waals surface area contributed by atoms with Crippen LogP contribution in [0.2, 0.25) is 0 Å². The molecule has 0 aliphatic heterocycles. The van der Waals surface area contributed by atoms with Gasteiger partial charge in [0.05, 0.1) is 0 Å². The van der Waals surface area contributed by atoms with Gasteiger partial charge in [-0.05, 0) is 0 Å². The number of hydrogen-bond donors (Lipinski definition) is 0. The van der Waals surface area contributed by atoms with Crippen molar-refractivity contribution in [2.45, 2.75) is 0 Å². The van der Waals surface area contributed by atoms with Crippen molar-refractivity contribution in [3.05, 3.63) is 23.9 Å². The summed E-state index contributed by atoms with van der Waals surface area (Å²) < 4.78 is 27.4. The number of fused-ring (bicyclic) bond motifs is 1. The van der Waals surface area contributed by atoms with Gasteiger partial charge in [-0.2, -0.15) is 0 Å². The topological polar surface area (TPSA) is 66.8 Å². The first kappa shape index (κ1) is 15.2. The van der Waals surface area contributed by atoms with Crippen molar-refractivity contribution < 1.29 is 23.6 Å². The van der Waals surface area contributed by atoms with Gasteiger partial charge < -0.3 is 0 Å². The normalized spacial score (nSPS) is 10.0. The first-order chi connectivity index (χ1) is 10.1. The van der Waals surface area contributed by atoms with Crippen molar-refractivity contribution >= 4 is 24.8 Å². The third-order valence-electron chi connectivity index (χ3n) is 3.09. The predicted octanol–water partition coefficient (Wildman–Crippen LogP) is 2.60. The Labute approximate surface area is 122 Å².